The fraction of sp³-hybridized carbons (Fsp3) is 0.167. The average Bonchev–Trinajstić information content (AvgIpc) is 2.45. The summed E-state index contributed by atoms with van der Waals surface area (Å²) in [7, 11) is -4.07. The third-order valence-electron chi connectivity index (χ3n) is 2.44. The van der Waals surface area contributed by atoms with E-state index in [9.17, 15) is 21.6 Å². The molecule has 0 aromatic carbocycles. The smallest absolute Gasteiger partial charge is 0.422 e. The molecule has 12 heteroatoms. The van der Waals surface area contributed by atoms with Crippen LogP contribution in [0.1, 0.15) is 0 Å². The standard InChI is InChI=1S/C12H8Cl2F3N3O3S/c13-9-3-2-8(11(14)19-9)24(21,22)20-7-1-4-10(18-5-7)23-6-12(15,16)17/h1-5,20H,6H2. The van der Waals surface area contributed by atoms with Crippen molar-refractivity contribution in [2.75, 3.05) is 11.3 Å². The molecule has 6 nitrogen and oxygen atoms in total. The van der Waals surface area contributed by atoms with Gasteiger partial charge in [0.2, 0.25) is 5.88 Å². The third-order valence-corrected chi connectivity index (χ3v) is 4.47. The van der Waals surface area contributed by atoms with E-state index in [0.717, 1.165) is 18.3 Å². The molecule has 2 aromatic rings. The Bertz CT molecular complexity index is 830. The second-order valence-electron chi connectivity index (χ2n) is 4.32. The number of pyridine rings is 2. The molecule has 0 aliphatic heterocycles. The van der Waals surface area contributed by atoms with Crippen LogP contribution in [0.4, 0.5) is 18.9 Å². The number of alkyl halides is 3. The summed E-state index contributed by atoms with van der Waals surface area (Å²) in [6.07, 6.45) is -3.50. The highest BCUT2D eigenvalue weighted by molar-refractivity contribution is 7.92. The maximum absolute atomic E-state index is 12.2. The molecule has 0 aliphatic carbocycles. The maximum atomic E-state index is 12.2. The van der Waals surface area contributed by atoms with Gasteiger partial charge in [-0.25, -0.2) is 18.4 Å². The van der Waals surface area contributed by atoms with E-state index in [4.69, 9.17) is 23.2 Å². The highest BCUT2D eigenvalue weighted by Gasteiger charge is 2.28. The van der Waals surface area contributed by atoms with Crippen LogP contribution in [0.2, 0.25) is 10.3 Å². The minimum Gasteiger partial charge on any atom is -0.468 e. The lowest BCUT2D eigenvalue weighted by Crippen LogP contribution is -2.19. The molecular weight excluding hydrogens is 394 g/mol. The topological polar surface area (TPSA) is 81.2 Å². The molecule has 130 valence electrons. The number of nitrogens with zero attached hydrogens (tertiary/aromatic N) is 2. The fourth-order valence-electron chi connectivity index (χ4n) is 1.49. The molecule has 0 saturated heterocycles. The number of aromatic nitrogens is 2. The first kappa shape index (κ1) is 18.6. The Morgan fingerprint density at radius 1 is 1.17 bits per heavy atom. The zero-order chi connectivity index (χ0) is 18.0. The fourth-order valence-corrected chi connectivity index (χ4v) is 3.20. The van der Waals surface area contributed by atoms with Crippen LogP contribution in [0, 0.1) is 0 Å². The van der Waals surface area contributed by atoms with E-state index in [-0.39, 0.29) is 26.8 Å². The molecule has 0 saturated carbocycles. The molecule has 24 heavy (non-hydrogen) atoms. The van der Waals surface area contributed by atoms with Crippen LogP contribution in [0.25, 0.3) is 0 Å². The summed E-state index contributed by atoms with van der Waals surface area (Å²) in [5, 5.41) is -0.306. The van der Waals surface area contributed by atoms with E-state index < -0.39 is 22.8 Å². The van der Waals surface area contributed by atoms with Gasteiger partial charge in [0.15, 0.2) is 11.8 Å². The van der Waals surface area contributed by atoms with Gasteiger partial charge < -0.3 is 4.74 Å². The van der Waals surface area contributed by atoms with Gasteiger partial charge >= 0.3 is 6.18 Å². The highest BCUT2D eigenvalue weighted by atomic mass is 35.5. The first-order valence-electron chi connectivity index (χ1n) is 6.07. The van der Waals surface area contributed by atoms with Crippen molar-refractivity contribution in [2.24, 2.45) is 0 Å². The number of anilines is 1. The minimum absolute atomic E-state index is 0.000348. The molecule has 0 radical (unpaired) electrons. The van der Waals surface area contributed by atoms with Crippen LogP contribution >= 0.6 is 23.2 Å². The molecule has 0 bridgehead atoms. The molecular formula is C12H8Cl2F3N3O3S. The van der Waals surface area contributed by atoms with Crippen LogP contribution in [0.15, 0.2) is 35.4 Å². The molecule has 0 atom stereocenters. The predicted octanol–water partition coefficient (Wildman–Crippen LogP) is 3.53. The van der Waals surface area contributed by atoms with Crippen molar-refractivity contribution in [3.05, 3.63) is 40.8 Å². The van der Waals surface area contributed by atoms with Gasteiger partial charge in [-0.1, -0.05) is 23.2 Å². The van der Waals surface area contributed by atoms with Crippen LogP contribution in [-0.2, 0) is 10.0 Å². The van der Waals surface area contributed by atoms with E-state index in [1.54, 1.807) is 0 Å². The number of hydrogen-bond acceptors (Lipinski definition) is 5. The summed E-state index contributed by atoms with van der Waals surface area (Å²) < 4.78 is 67.0. The molecule has 1 N–H and O–H groups in total. The van der Waals surface area contributed by atoms with Crippen molar-refractivity contribution >= 4 is 38.9 Å². The first-order chi connectivity index (χ1) is 11.1. The van der Waals surface area contributed by atoms with Gasteiger partial charge in [0, 0.05) is 6.07 Å². The molecule has 0 unspecified atom stereocenters. The molecule has 2 rings (SSSR count). The van der Waals surface area contributed by atoms with Gasteiger partial charge in [-0.05, 0) is 18.2 Å². The average molecular weight is 402 g/mol. The SMILES string of the molecule is O=S(=O)(Nc1ccc(OCC(F)(F)F)nc1)c1ccc(Cl)nc1Cl. The number of rotatable bonds is 5. The molecule has 0 spiro atoms. The molecule has 0 fully saturated rings. The maximum Gasteiger partial charge on any atom is 0.422 e. The molecule has 0 aliphatic rings. The second-order valence-corrected chi connectivity index (χ2v) is 6.71. The number of nitrogens with one attached hydrogen (secondary N) is 1. The minimum atomic E-state index is -4.50. The highest BCUT2D eigenvalue weighted by Crippen LogP contribution is 2.24. The normalized spacial score (nSPS) is 12.0. The van der Waals surface area contributed by atoms with Gasteiger partial charge in [-0.2, -0.15) is 13.2 Å². The van der Waals surface area contributed by atoms with Gasteiger partial charge in [-0.3, -0.25) is 4.72 Å². The summed E-state index contributed by atoms with van der Waals surface area (Å²) in [5.74, 6) is -0.304. The van der Waals surface area contributed by atoms with E-state index in [1.807, 2.05) is 0 Å². The van der Waals surface area contributed by atoms with Gasteiger partial charge in [-0.15, -0.1) is 0 Å². The van der Waals surface area contributed by atoms with E-state index in [1.165, 1.54) is 12.1 Å². The zero-order valence-electron chi connectivity index (χ0n) is 11.5. The summed E-state index contributed by atoms with van der Waals surface area (Å²) in [4.78, 5) is 6.88. The van der Waals surface area contributed by atoms with Crippen LogP contribution in [0.5, 0.6) is 5.88 Å². The number of ether oxygens (including phenoxy) is 1. The van der Waals surface area contributed by atoms with E-state index >= 15 is 0 Å². The van der Waals surface area contributed by atoms with E-state index in [2.05, 4.69) is 19.4 Å². The van der Waals surface area contributed by atoms with E-state index in [0.29, 0.717) is 0 Å². The van der Waals surface area contributed by atoms with Crippen molar-refractivity contribution < 1.29 is 26.3 Å². The summed E-state index contributed by atoms with van der Waals surface area (Å²) >= 11 is 11.3. The van der Waals surface area contributed by atoms with Crippen molar-refractivity contribution in [3.63, 3.8) is 0 Å². The monoisotopic (exact) mass is 401 g/mol. The largest absolute Gasteiger partial charge is 0.468 e. The van der Waals surface area contributed by atoms with Gasteiger partial charge in [0.25, 0.3) is 10.0 Å². The Balaban J connectivity index is 2.12. The quantitative estimate of drug-likeness (QED) is 0.775. The Hall–Kier alpha value is -1.78. The summed E-state index contributed by atoms with van der Waals surface area (Å²) in [5.41, 5.74) is 0.000348. The van der Waals surface area contributed by atoms with Crippen molar-refractivity contribution in [2.45, 2.75) is 11.1 Å². The number of halogens is 5. The van der Waals surface area contributed by atoms with Crippen molar-refractivity contribution in [1.29, 1.82) is 0 Å². The van der Waals surface area contributed by atoms with Crippen LogP contribution < -0.4 is 9.46 Å². The lowest BCUT2D eigenvalue weighted by Gasteiger charge is -2.10. The van der Waals surface area contributed by atoms with Gasteiger partial charge in [0.05, 0.1) is 11.9 Å². The lowest BCUT2D eigenvalue weighted by atomic mass is 10.4. The number of sulfonamides is 1. The number of hydrogen-bond donors (Lipinski definition) is 1. The Kier molecular flexibility index (Phi) is 5.41. The molecule has 2 aromatic heterocycles. The molecule has 2 heterocycles. The summed E-state index contributed by atoms with van der Waals surface area (Å²) in [6.45, 7) is -1.50. The van der Waals surface area contributed by atoms with Crippen molar-refractivity contribution in [3.8, 4) is 5.88 Å². The zero-order valence-corrected chi connectivity index (χ0v) is 13.8. The third kappa shape index (κ3) is 5.11. The Morgan fingerprint density at radius 2 is 1.88 bits per heavy atom. The second kappa shape index (κ2) is 6.99. The summed E-state index contributed by atoms with van der Waals surface area (Å²) in [6, 6.07) is 4.68. The first-order valence-corrected chi connectivity index (χ1v) is 8.31. The predicted molar refractivity (Wildman–Crippen MR) is 80.9 cm³/mol. The Labute approximate surface area is 144 Å². The van der Waals surface area contributed by atoms with Gasteiger partial charge in [0.1, 0.15) is 10.0 Å². The van der Waals surface area contributed by atoms with Crippen LogP contribution in [-0.4, -0.2) is 31.2 Å². The van der Waals surface area contributed by atoms with Crippen LogP contribution in [0.3, 0.4) is 0 Å². The Morgan fingerprint density at radius 3 is 2.42 bits per heavy atom. The van der Waals surface area contributed by atoms with Crippen molar-refractivity contribution in [1.82, 2.24) is 9.97 Å². The lowest BCUT2D eigenvalue weighted by molar-refractivity contribution is -0.154. The molecule has 0 amide bonds.